The van der Waals surface area contributed by atoms with Crippen LogP contribution >= 0.6 is 0 Å². The van der Waals surface area contributed by atoms with E-state index in [2.05, 4.69) is 42.3 Å². The number of carbonyl (C=O) groups excluding carboxylic acids is 1. The van der Waals surface area contributed by atoms with Crippen LogP contribution < -0.4 is 5.32 Å². The van der Waals surface area contributed by atoms with E-state index in [1.54, 1.807) is 25.3 Å². The van der Waals surface area contributed by atoms with Crippen LogP contribution in [0.5, 0.6) is 0 Å². The van der Waals surface area contributed by atoms with Crippen molar-refractivity contribution in [2.24, 2.45) is 0 Å². The second-order valence-electron chi connectivity index (χ2n) is 7.34. The van der Waals surface area contributed by atoms with Gasteiger partial charge in [-0.25, -0.2) is 4.98 Å². The SMILES string of the molecule is CCc1cccc(C)c1CNc1c(C)c(C(=O)N(C)CCOC)cn2ccnc12. The summed E-state index contributed by atoms with van der Waals surface area (Å²) in [5.41, 5.74) is 7.19. The molecule has 3 rings (SSSR count). The number of amides is 1. The summed E-state index contributed by atoms with van der Waals surface area (Å²) in [6.45, 7) is 8.03. The topological polar surface area (TPSA) is 58.9 Å². The summed E-state index contributed by atoms with van der Waals surface area (Å²) < 4.78 is 7.02. The molecule has 0 saturated heterocycles. The Morgan fingerprint density at radius 2 is 2.10 bits per heavy atom. The Morgan fingerprint density at radius 3 is 2.83 bits per heavy atom. The fraction of sp³-hybridized carbons (Fsp3) is 0.391. The van der Waals surface area contributed by atoms with Gasteiger partial charge < -0.3 is 19.4 Å². The molecular weight excluding hydrogens is 364 g/mol. The van der Waals surface area contributed by atoms with Crippen molar-refractivity contribution in [2.75, 3.05) is 32.6 Å². The Hall–Kier alpha value is -2.86. The quantitative estimate of drug-likeness (QED) is 0.631. The van der Waals surface area contributed by atoms with Crippen LogP contribution in [-0.2, 0) is 17.7 Å². The van der Waals surface area contributed by atoms with Gasteiger partial charge in [-0.1, -0.05) is 25.1 Å². The first-order valence-corrected chi connectivity index (χ1v) is 9.99. The van der Waals surface area contributed by atoms with Crippen molar-refractivity contribution < 1.29 is 9.53 Å². The first kappa shape index (κ1) is 20.9. The van der Waals surface area contributed by atoms with Crippen LogP contribution in [0.1, 0.15) is 39.5 Å². The third kappa shape index (κ3) is 4.27. The number of carbonyl (C=O) groups is 1. The van der Waals surface area contributed by atoms with Crippen LogP contribution in [0.2, 0.25) is 0 Å². The van der Waals surface area contributed by atoms with Crippen LogP contribution in [-0.4, -0.2) is 47.5 Å². The van der Waals surface area contributed by atoms with Gasteiger partial charge in [0.2, 0.25) is 0 Å². The van der Waals surface area contributed by atoms with Crippen molar-refractivity contribution in [3.8, 4) is 0 Å². The lowest BCUT2D eigenvalue weighted by Gasteiger charge is -2.21. The molecule has 1 N–H and O–H groups in total. The Labute approximate surface area is 172 Å². The zero-order valence-electron chi connectivity index (χ0n) is 18.0. The molecule has 1 amide bonds. The van der Waals surface area contributed by atoms with Gasteiger partial charge in [0.15, 0.2) is 5.65 Å². The molecule has 0 bridgehead atoms. The molecule has 6 nitrogen and oxygen atoms in total. The summed E-state index contributed by atoms with van der Waals surface area (Å²) in [6.07, 6.45) is 6.48. The highest BCUT2D eigenvalue weighted by Crippen LogP contribution is 2.27. The zero-order valence-corrected chi connectivity index (χ0v) is 18.0. The predicted molar refractivity (Wildman–Crippen MR) is 117 cm³/mol. The number of hydrogen-bond acceptors (Lipinski definition) is 4. The van der Waals surface area contributed by atoms with Crippen molar-refractivity contribution in [1.82, 2.24) is 14.3 Å². The van der Waals surface area contributed by atoms with E-state index < -0.39 is 0 Å². The van der Waals surface area contributed by atoms with Crippen LogP contribution in [0.4, 0.5) is 5.69 Å². The summed E-state index contributed by atoms with van der Waals surface area (Å²) in [6, 6.07) is 6.41. The van der Waals surface area contributed by atoms with Crippen LogP contribution in [0.25, 0.3) is 5.65 Å². The van der Waals surface area contributed by atoms with Gasteiger partial charge in [0.05, 0.1) is 17.9 Å². The van der Waals surface area contributed by atoms with E-state index >= 15 is 0 Å². The Morgan fingerprint density at radius 1 is 1.31 bits per heavy atom. The number of rotatable bonds is 8. The highest BCUT2D eigenvalue weighted by atomic mass is 16.5. The first-order valence-electron chi connectivity index (χ1n) is 9.99. The lowest BCUT2D eigenvalue weighted by Crippen LogP contribution is -2.31. The number of anilines is 1. The van der Waals surface area contributed by atoms with E-state index in [9.17, 15) is 4.79 Å². The number of aromatic nitrogens is 2. The van der Waals surface area contributed by atoms with Crippen molar-refractivity contribution in [1.29, 1.82) is 0 Å². The Kier molecular flexibility index (Phi) is 6.54. The molecule has 0 aliphatic rings. The summed E-state index contributed by atoms with van der Waals surface area (Å²) in [5, 5.41) is 3.57. The number of nitrogens with one attached hydrogen (secondary N) is 1. The molecule has 0 unspecified atom stereocenters. The Bertz CT molecular complexity index is 1010. The fourth-order valence-electron chi connectivity index (χ4n) is 3.64. The van der Waals surface area contributed by atoms with Crippen LogP contribution in [0.3, 0.4) is 0 Å². The number of ether oxygens (including phenoxy) is 1. The van der Waals surface area contributed by atoms with E-state index in [4.69, 9.17) is 4.74 Å². The van der Waals surface area contributed by atoms with Crippen molar-refractivity contribution in [3.63, 3.8) is 0 Å². The van der Waals surface area contributed by atoms with Gasteiger partial charge >= 0.3 is 0 Å². The van der Waals surface area contributed by atoms with Gasteiger partial charge in [0, 0.05) is 45.8 Å². The largest absolute Gasteiger partial charge is 0.383 e. The Balaban J connectivity index is 1.97. The second kappa shape index (κ2) is 9.09. The molecular formula is C23H30N4O2. The maximum atomic E-state index is 13.0. The third-order valence-electron chi connectivity index (χ3n) is 5.48. The number of hydrogen-bond donors (Lipinski definition) is 1. The normalized spacial score (nSPS) is 11.1. The number of fused-ring (bicyclic) bond motifs is 1. The summed E-state index contributed by atoms with van der Waals surface area (Å²) in [7, 11) is 3.44. The number of pyridine rings is 1. The molecule has 154 valence electrons. The number of benzene rings is 1. The number of methoxy groups -OCH3 is 1. The van der Waals surface area contributed by atoms with Crippen LogP contribution in [0, 0.1) is 13.8 Å². The van der Waals surface area contributed by atoms with E-state index in [1.165, 1.54) is 16.7 Å². The second-order valence-corrected chi connectivity index (χ2v) is 7.34. The average molecular weight is 395 g/mol. The average Bonchev–Trinajstić information content (AvgIpc) is 3.19. The van der Waals surface area contributed by atoms with Gasteiger partial charge in [-0.3, -0.25) is 4.79 Å². The zero-order chi connectivity index (χ0) is 21.0. The third-order valence-corrected chi connectivity index (χ3v) is 5.48. The lowest BCUT2D eigenvalue weighted by molar-refractivity contribution is 0.0743. The molecule has 0 aliphatic carbocycles. The highest BCUT2D eigenvalue weighted by molar-refractivity contribution is 5.98. The fourth-order valence-corrected chi connectivity index (χ4v) is 3.64. The minimum Gasteiger partial charge on any atom is -0.383 e. The predicted octanol–water partition coefficient (Wildman–Crippen LogP) is 3.84. The maximum Gasteiger partial charge on any atom is 0.255 e. The number of likely N-dealkylation sites (N-methyl/N-ethyl adjacent to an activating group) is 1. The molecule has 29 heavy (non-hydrogen) atoms. The number of imidazole rings is 1. The van der Waals surface area contributed by atoms with Crippen molar-refractivity contribution >= 4 is 17.2 Å². The molecule has 2 heterocycles. The van der Waals surface area contributed by atoms with Gasteiger partial charge in [0.1, 0.15) is 0 Å². The van der Waals surface area contributed by atoms with Crippen LogP contribution in [0.15, 0.2) is 36.8 Å². The molecule has 0 fully saturated rings. The lowest BCUT2D eigenvalue weighted by atomic mass is 9.99. The van der Waals surface area contributed by atoms with Gasteiger partial charge in [-0.15, -0.1) is 0 Å². The highest BCUT2D eigenvalue weighted by Gasteiger charge is 2.20. The van der Waals surface area contributed by atoms with E-state index in [0.29, 0.717) is 25.3 Å². The molecule has 0 radical (unpaired) electrons. The number of aryl methyl sites for hydroxylation is 2. The smallest absolute Gasteiger partial charge is 0.255 e. The molecule has 0 aliphatic heterocycles. The standard InChI is InChI=1S/C23H30N4O2/c1-6-18-9-7-8-16(2)19(18)14-25-21-17(3)20(15-27-11-10-24-22(21)27)23(28)26(4)12-13-29-5/h7-11,15,25H,6,12-14H2,1-5H3. The molecule has 0 saturated carbocycles. The molecule has 6 heteroatoms. The van der Waals surface area contributed by atoms with Gasteiger partial charge in [0.25, 0.3) is 5.91 Å². The maximum absolute atomic E-state index is 13.0. The molecule has 2 aromatic heterocycles. The molecule has 0 spiro atoms. The minimum absolute atomic E-state index is 0.0247. The summed E-state index contributed by atoms with van der Waals surface area (Å²) >= 11 is 0. The van der Waals surface area contributed by atoms with Gasteiger partial charge in [-0.2, -0.15) is 0 Å². The molecule has 0 atom stereocenters. The van der Waals surface area contributed by atoms with E-state index in [-0.39, 0.29) is 5.91 Å². The van der Waals surface area contributed by atoms with Crippen molar-refractivity contribution in [3.05, 3.63) is 64.6 Å². The summed E-state index contributed by atoms with van der Waals surface area (Å²) in [4.78, 5) is 19.2. The van der Waals surface area contributed by atoms with Gasteiger partial charge in [-0.05, 0) is 42.5 Å². The number of nitrogens with zero attached hydrogens (tertiary/aromatic N) is 3. The van der Waals surface area contributed by atoms with Crippen molar-refractivity contribution in [2.45, 2.75) is 33.7 Å². The first-order chi connectivity index (χ1) is 14.0. The van der Waals surface area contributed by atoms with E-state index in [1.807, 2.05) is 23.7 Å². The summed E-state index contributed by atoms with van der Waals surface area (Å²) in [5.74, 6) is -0.0247. The minimum atomic E-state index is -0.0247. The molecule has 3 aromatic rings. The molecule has 1 aromatic carbocycles. The van der Waals surface area contributed by atoms with E-state index in [0.717, 1.165) is 23.3 Å². The monoisotopic (exact) mass is 394 g/mol.